The highest BCUT2D eigenvalue weighted by Gasteiger charge is 2.41. The molecule has 2 aromatic carbocycles. The Bertz CT molecular complexity index is 1000. The van der Waals surface area contributed by atoms with Gasteiger partial charge in [-0.05, 0) is 30.3 Å². The predicted molar refractivity (Wildman–Crippen MR) is 97.1 cm³/mol. The number of carbonyl (C=O) groups excluding carboxylic acids is 3. The maximum Gasteiger partial charge on any atom is 0.416 e. The number of benzene rings is 2. The van der Waals surface area contributed by atoms with E-state index in [0.717, 1.165) is 29.3 Å². The smallest absolute Gasteiger partial charge is 0.416 e. The fourth-order valence-corrected chi connectivity index (χ4v) is 2.69. The van der Waals surface area contributed by atoms with Crippen LogP contribution in [0.1, 0.15) is 5.56 Å². The Morgan fingerprint density at radius 3 is 2.52 bits per heavy atom. The van der Waals surface area contributed by atoms with E-state index in [9.17, 15) is 27.6 Å². The van der Waals surface area contributed by atoms with Crippen LogP contribution in [0.3, 0.4) is 0 Å². The number of hydrogen-bond acceptors (Lipinski definition) is 5. The lowest BCUT2D eigenvalue weighted by Crippen LogP contribution is -2.58. The maximum absolute atomic E-state index is 12.8. The molecule has 0 spiro atoms. The molecule has 3 rings (SSSR count). The number of barbiturate groups is 1. The van der Waals surface area contributed by atoms with Crippen LogP contribution in [-0.2, 0) is 15.8 Å². The minimum Gasteiger partial charge on any atom is -0.495 e. The van der Waals surface area contributed by atoms with Gasteiger partial charge in [-0.25, -0.2) is 9.69 Å². The van der Waals surface area contributed by atoms with E-state index in [0.29, 0.717) is 0 Å². The Morgan fingerprint density at radius 2 is 1.83 bits per heavy atom. The molecule has 0 aliphatic carbocycles. The average Bonchev–Trinajstić information content (AvgIpc) is 2.67. The second-order valence-electron chi connectivity index (χ2n) is 5.94. The van der Waals surface area contributed by atoms with Crippen molar-refractivity contribution in [1.29, 1.82) is 0 Å². The van der Waals surface area contributed by atoms with Gasteiger partial charge in [-0.3, -0.25) is 19.9 Å². The van der Waals surface area contributed by atoms with E-state index in [1.807, 2.05) is 5.32 Å². The molecular formula is C19H14F3N3O4. The third-order valence-corrected chi connectivity index (χ3v) is 4.07. The largest absolute Gasteiger partial charge is 0.495 e. The van der Waals surface area contributed by atoms with Gasteiger partial charge in [0.15, 0.2) is 5.92 Å². The first-order valence-corrected chi connectivity index (χ1v) is 8.25. The summed E-state index contributed by atoms with van der Waals surface area (Å²) >= 11 is 0. The normalized spacial score (nSPS) is 17.6. The van der Waals surface area contributed by atoms with Gasteiger partial charge in [-0.15, -0.1) is 0 Å². The van der Waals surface area contributed by atoms with Crippen LogP contribution in [0.4, 0.5) is 29.3 Å². The van der Waals surface area contributed by atoms with Crippen LogP contribution < -0.4 is 15.0 Å². The second-order valence-corrected chi connectivity index (χ2v) is 5.94. The van der Waals surface area contributed by atoms with Crippen molar-refractivity contribution in [1.82, 2.24) is 5.32 Å². The van der Waals surface area contributed by atoms with Gasteiger partial charge in [0.2, 0.25) is 5.91 Å². The molecule has 0 saturated carbocycles. The number of ether oxygens (including phenoxy) is 1. The second kappa shape index (κ2) is 7.74. The van der Waals surface area contributed by atoms with Crippen molar-refractivity contribution in [2.75, 3.05) is 12.0 Å². The van der Waals surface area contributed by atoms with Gasteiger partial charge in [0.05, 0.1) is 24.0 Å². The van der Waals surface area contributed by atoms with E-state index < -0.39 is 35.5 Å². The SMILES string of the molecule is COc1ccccc1N1C(=O)NC(=O)[C@H](C=Nc2cccc(C(F)(F)F)c2)C1=O. The number of rotatable bonds is 4. The third-order valence-electron chi connectivity index (χ3n) is 4.07. The molecule has 1 heterocycles. The van der Waals surface area contributed by atoms with Crippen LogP contribution in [0.15, 0.2) is 53.5 Å². The van der Waals surface area contributed by atoms with E-state index in [2.05, 4.69) is 4.99 Å². The van der Waals surface area contributed by atoms with Gasteiger partial charge in [0, 0.05) is 6.21 Å². The van der Waals surface area contributed by atoms with Crippen molar-refractivity contribution in [3.63, 3.8) is 0 Å². The Labute approximate surface area is 162 Å². The molecule has 150 valence electrons. The van der Waals surface area contributed by atoms with E-state index >= 15 is 0 Å². The summed E-state index contributed by atoms with van der Waals surface area (Å²) in [5.74, 6) is -3.12. The van der Waals surface area contributed by atoms with E-state index in [-0.39, 0.29) is 17.1 Å². The molecule has 0 radical (unpaired) electrons. The van der Waals surface area contributed by atoms with E-state index in [4.69, 9.17) is 4.74 Å². The molecule has 29 heavy (non-hydrogen) atoms. The Hall–Kier alpha value is -3.69. The minimum absolute atomic E-state index is 0.0961. The lowest BCUT2D eigenvalue weighted by molar-refractivity contribution is -0.137. The summed E-state index contributed by atoms with van der Waals surface area (Å²) in [4.78, 5) is 41.6. The topological polar surface area (TPSA) is 88.1 Å². The van der Waals surface area contributed by atoms with Crippen molar-refractivity contribution in [2.24, 2.45) is 10.9 Å². The minimum atomic E-state index is -4.56. The summed E-state index contributed by atoms with van der Waals surface area (Å²) in [5.41, 5.74) is -0.902. The lowest BCUT2D eigenvalue weighted by Gasteiger charge is -2.29. The van der Waals surface area contributed by atoms with Gasteiger partial charge < -0.3 is 4.74 Å². The number of nitrogens with one attached hydrogen (secondary N) is 1. The molecule has 0 bridgehead atoms. The number of anilines is 1. The summed E-state index contributed by atoms with van der Waals surface area (Å²) in [6.45, 7) is 0. The van der Waals surface area contributed by atoms with E-state index in [1.165, 1.54) is 25.3 Å². The summed E-state index contributed by atoms with van der Waals surface area (Å²) < 4.78 is 43.6. The van der Waals surface area contributed by atoms with Gasteiger partial charge in [0.1, 0.15) is 5.75 Å². The molecule has 1 N–H and O–H groups in total. The molecule has 0 unspecified atom stereocenters. The number of methoxy groups -OCH3 is 1. The van der Waals surface area contributed by atoms with Gasteiger partial charge in [0.25, 0.3) is 5.91 Å². The number of imide groups is 2. The zero-order valence-corrected chi connectivity index (χ0v) is 14.9. The van der Waals surface area contributed by atoms with Crippen LogP contribution >= 0.6 is 0 Å². The van der Waals surface area contributed by atoms with Crippen LogP contribution in [0, 0.1) is 5.92 Å². The van der Waals surface area contributed by atoms with Gasteiger partial charge in [-0.2, -0.15) is 13.2 Å². The molecular weight excluding hydrogens is 391 g/mol. The van der Waals surface area contributed by atoms with Crippen molar-refractivity contribution in [3.05, 3.63) is 54.1 Å². The van der Waals surface area contributed by atoms with E-state index in [1.54, 1.807) is 12.1 Å². The molecule has 2 aromatic rings. The average molecular weight is 405 g/mol. The van der Waals surface area contributed by atoms with Gasteiger partial charge >= 0.3 is 12.2 Å². The zero-order valence-electron chi connectivity index (χ0n) is 14.9. The van der Waals surface area contributed by atoms with Crippen molar-refractivity contribution < 1.29 is 32.3 Å². The van der Waals surface area contributed by atoms with Crippen molar-refractivity contribution in [3.8, 4) is 5.75 Å². The first-order chi connectivity index (χ1) is 13.7. The molecule has 1 fully saturated rings. The van der Waals surface area contributed by atoms with Crippen molar-refractivity contribution >= 4 is 35.4 Å². The maximum atomic E-state index is 12.8. The van der Waals surface area contributed by atoms with Gasteiger partial charge in [-0.1, -0.05) is 18.2 Å². The number of urea groups is 1. The molecule has 1 aliphatic heterocycles. The first kappa shape index (κ1) is 20.1. The van der Waals surface area contributed by atoms with Crippen molar-refractivity contribution in [2.45, 2.75) is 6.18 Å². The van der Waals surface area contributed by atoms with Crippen LogP contribution in [0.25, 0.3) is 0 Å². The quantitative estimate of drug-likeness (QED) is 0.625. The number of nitrogens with zero attached hydrogens (tertiary/aromatic N) is 2. The summed E-state index contributed by atoms with van der Waals surface area (Å²) in [6, 6.07) is 9.32. The number of halogens is 3. The molecule has 1 atom stereocenters. The number of hydrogen-bond donors (Lipinski definition) is 1. The van der Waals surface area contributed by atoms with Crippen LogP contribution in [0.5, 0.6) is 5.75 Å². The zero-order chi connectivity index (χ0) is 21.2. The highest BCUT2D eigenvalue weighted by Crippen LogP contribution is 2.32. The Kier molecular flexibility index (Phi) is 5.35. The number of alkyl halides is 3. The summed E-state index contributed by atoms with van der Waals surface area (Å²) in [6.07, 6.45) is -3.65. The molecule has 4 amide bonds. The number of para-hydroxylation sites is 2. The molecule has 1 aliphatic rings. The molecule has 1 saturated heterocycles. The Morgan fingerprint density at radius 1 is 1.10 bits per heavy atom. The highest BCUT2D eigenvalue weighted by atomic mass is 19.4. The predicted octanol–water partition coefficient (Wildman–Crippen LogP) is 3.32. The Balaban J connectivity index is 1.91. The number of amides is 4. The fraction of sp³-hybridized carbons (Fsp3) is 0.158. The standard InChI is InChI=1S/C19H14F3N3O4/c1-29-15-8-3-2-7-14(15)25-17(27)13(16(26)24-18(25)28)10-23-12-6-4-5-11(9-12)19(20,21)22/h2-10,13H,1H3,(H,24,26,28)/t13-/m0/s1. The lowest BCUT2D eigenvalue weighted by atomic mass is 10.1. The molecule has 10 heteroatoms. The number of aliphatic imine (C=N–C) groups is 1. The fourth-order valence-electron chi connectivity index (χ4n) is 2.69. The highest BCUT2D eigenvalue weighted by molar-refractivity contribution is 6.33. The molecule has 7 nitrogen and oxygen atoms in total. The third kappa shape index (κ3) is 4.10. The van der Waals surface area contributed by atoms with Crippen LogP contribution in [0.2, 0.25) is 0 Å². The summed E-state index contributed by atoms with van der Waals surface area (Å²) in [5, 5.41) is 2.03. The molecule has 0 aromatic heterocycles. The summed E-state index contributed by atoms with van der Waals surface area (Å²) in [7, 11) is 1.35. The number of carbonyl (C=O) groups is 3. The monoisotopic (exact) mass is 405 g/mol. The van der Waals surface area contributed by atoms with Crippen LogP contribution in [-0.4, -0.2) is 31.2 Å². The first-order valence-electron chi connectivity index (χ1n) is 8.25.